The third-order valence-corrected chi connectivity index (χ3v) is 4.18. The van der Waals surface area contributed by atoms with E-state index >= 15 is 0 Å². The van der Waals surface area contributed by atoms with E-state index in [0.717, 1.165) is 19.1 Å². The highest BCUT2D eigenvalue weighted by atomic mass is 16.5. The maximum atomic E-state index is 6.09. The molecule has 0 aromatic carbocycles. The Balaban J connectivity index is 1.85. The van der Waals surface area contributed by atoms with Gasteiger partial charge in [0.2, 0.25) is 0 Å². The molecule has 2 aliphatic rings. The highest BCUT2D eigenvalue weighted by Gasteiger charge is 2.37. The molecule has 0 aromatic rings. The highest BCUT2D eigenvalue weighted by Crippen LogP contribution is 2.41. The van der Waals surface area contributed by atoms with E-state index in [1.54, 1.807) is 0 Å². The lowest BCUT2D eigenvalue weighted by atomic mass is 9.75. The molecule has 2 rings (SSSR count). The predicted octanol–water partition coefficient (Wildman–Crippen LogP) is 2.85. The molecule has 88 valence electrons. The van der Waals surface area contributed by atoms with Crippen molar-refractivity contribution < 1.29 is 4.74 Å². The molecule has 1 atom stereocenters. The molecule has 1 saturated carbocycles. The smallest absolute Gasteiger partial charge is 0.0685 e. The van der Waals surface area contributed by atoms with Crippen molar-refractivity contribution in [1.82, 2.24) is 0 Å². The first-order chi connectivity index (χ1) is 7.35. The molecule has 0 bridgehead atoms. The minimum absolute atomic E-state index is 0.287. The Bertz CT molecular complexity index is 181. The molecule has 2 fully saturated rings. The normalized spacial score (nSPS) is 30.6. The molecule has 1 aliphatic heterocycles. The monoisotopic (exact) mass is 211 g/mol. The van der Waals surface area contributed by atoms with Gasteiger partial charge in [-0.1, -0.05) is 19.3 Å². The van der Waals surface area contributed by atoms with Crippen molar-refractivity contribution in [3.8, 4) is 0 Å². The SMILES string of the molecule is NCCCC1CCOC2(CCCCC2)C1. The molecule has 0 amide bonds. The molecule has 2 heteroatoms. The van der Waals surface area contributed by atoms with Gasteiger partial charge in [0.25, 0.3) is 0 Å². The van der Waals surface area contributed by atoms with Crippen LogP contribution in [-0.4, -0.2) is 18.8 Å². The van der Waals surface area contributed by atoms with Crippen molar-refractivity contribution in [3.63, 3.8) is 0 Å². The second-order valence-electron chi connectivity index (χ2n) is 5.38. The summed E-state index contributed by atoms with van der Waals surface area (Å²) in [6.07, 6.45) is 11.9. The number of rotatable bonds is 3. The van der Waals surface area contributed by atoms with E-state index in [2.05, 4.69) is 0 Å². The zero-order chi connectivity index (χ0) is 10.6. The molecule has 1 aliphatic carbocycles. The van der Waals surface area contributed by atoms with Gasteiger partial charge in [-0.25, -0.2) is 0 Å². The Hall–Kier alpha value is -0.0800. The van der Waals surface area contributed by atoms with E-state index in [9.17, 15) is 0 Å². The predicted molar refractivity (Wildman–Crippen MR) is 62.8 cm³/mol. The van der Waals surface area contributed by atoms with Crippen LogP contribution in [0.1, 0.15) is 57.8 Å². The molecule has 2 nitrogen and oxygen atoms in total. The van der Waals surface area contributed by atoms with Crippen molar-refractivity contribution in [2.45, 2.75) is 63.4 Å². The van der Waals surface area contributed by atoms with Crippen LogP contribution in [-0.2, 0) is 4.74 Å². The third-order valence-electron chi connectivity index (χ3n) is 4.18. The maximum absolute atomic E-state index is 6.09. The Labute approximate surface area is 93.6 Å². The minimum Gasteiger partial charge on any atom is -0.375 e. The van der Waals surface area contributed by atoms with E-state index in [1.807, 2.05) is 0 Å². The van der Waals surface area contributed by atoms with Crippen molar-refractivity contribution >= 4 is 0 Å². The first-order valence-corrected chi connectivity index (χ1v) is 6.69. The van der Waals surface area contributed by atoms with Crippen LogP contribution >= 0.6 is 0 Å². The van der Waals surface area contributed by atoms with Crippen LogP contribution in [0.5, 0.6) is 0 Å². The summed E-state index contributed by atoms with van der Waals surface area (Å²) in [5, 5.41) is 0. The molecule has 1 heterocycles. The fourth-order valence-corrected chi connectivity index (χ4v) is 3.33. The van der Waals surface area contributed by atoms with Gasteiger partial charge in [0.1, 0.15) is 0 Å². The van der Waals surface area contributed by atoms with Crippen LogP contribution in [0.25, 0.3) is 0 Å². The Morgan fingerprint density at radius 3 is 2.73 bits per heavy atom. The molecule has 0 radical (unpaired) electrons. The molecular weight excluding hydrogens is 186 g/mol. The van der Waals surface area contributed by atoms with Crippen LogP contribution in [0.2, 0.25) is 0 Å². The van der Waals surface area contributed by atoms with Crippen molar-refractivity contribution in [2.24, 2.45) is 11.7 Å². The van der Waals surface area contributed by atoms with Gasteiger partial charge in [-0.05, 0) is 51.0 Å². The molecule has 2 N–H and O–H groups in total. The first-order valence-electron chi connectivity index (χ1n) is 6.69. The van der Waals surface area contributed by atoms with E-state index in [0.29, 0.717) is 0 Å². The molecule has 1 saturated heterocycles. The van der Waals surface area contributed by atoms with Gasteiger partial charge < -0.3 is 10.5 Å². The summed E-state index contributed by atoms with van der Waals surface area (Å²) < 4.78 is 6.09. The zero-order valence-electron chi connectivity index (χ0n) is 9.84. The number of nitrogens with two attached hydrogens (primary N) is 1. The van der Waals surface area contributed by atoms with E-state index in [4.69, 9.17) is 10.5 Å². The van der Waals surface area contributed by atoms with Gasteiger partial charge in [-0.2, -0.15) is 0 Å². The van der Waals surface area contributed by atoms with Gasteiger partial charge in [0.05, 0.1) is 5.60 Å². The van der Waals surface area contributed by atoms with E-state index in [-0.39, 0.29) is 5.60 Å². The van der Waals surface area contributed by atoms with Crippen molar-refractivity contribution in [2.75, 3.05) is 13.2 Å². The molecule has 0 aromatic heterocycles. The number of ether oxygens (including phenoxy) is 1. The summed E-state index contributed by atoms with van der Waals surface area (Å²) in [6, 6.07) is 0. The van der Waals surface area contributed by atoms with Gasteiger partial charge in [0, 0.05) is 6.61 Å². The zero-order valence-corrected chi connectivity index (χ0v) is 9.84. The Morgan fingerprint density at radius 1 is 1.20 bits per heavy atom. The largest absolute Gasteiger partial charge is 0.375 e. The second kappa shape index (κ2) is 5.31. The van der Waals surface area contributed by atoms with Gasteiger partial charge >= 0.3 is 0 Å². The van der Waals surface area contributed by atoms with Crippen LogP contribution in [0.3, 0.4) is 0 Å². The number of hydrogen-bond donors (Lipinski definition) is 1. The van der Waals surface area contributed by atoms with Gasteiger partial charge in [-0.3, -0.25) is 0 Å². The standard InChI is InChI=1S/C13H25NO/c14-9-4-5-12-6-10-15-13(11-12)7-2-1-3-8-13/h12H,1-11,14H2. The fourth-order valence-electron chi connectivity index (χ4n) is 3.33. The van der Waals surface area contributed by atoms with E-state index < -0.39 is 0 Å². The lowest BCUT2D eigenvalue weighted by Crippen LogP contribution is -2.41. The second-order valence-corrected chi connectivity index (χ2v) is 5.38. The average molecular weight is 211 g/mol. The van der Waals surface area contributed by atoms with Gasteiger partial charge in [0.15, 0.2) is 0 Å². The van der Waals surface area contributed by atoms with Crippen LogP contribution in [0, 0.1) is 5.92 Å². The molecule has 1 unspecified atom stereocenters. The summed E-state index contributed by atoms with van der Waals surface area (Å²) in [6.45, 7) is 1.85. The number of hydrogen-bond acceptors (Lipinski definition) is 2. The van der Waals surface area contributed by atoms with Crippen LogP contribution in [0.15, 0.2) is 0 Å². The van der Waals surface area contributed by atoms with Crippen LogP contribution < -0.4 is 5.73 Å². The maximum Gasteiger partial charge on any atom is 0.0685 e. The van der Waals surface area contributed by atoms with Crippen LogP contribution in [0.4, 0.5) is 0 Å². The summed E-state index contributed by atoms with van der Waals surface area (Å²) in [4.78, 5) is 0. The summed E-state index contributed by atoms with van der Waals surface area (Å²) in [7, 11) is 0. The Morgan fingerprint density at radius 2 is 2.00 bits per heavy atom. The van der Waals surface area contributed by atoms with E-state index in [1.165, 1.54) is 57.8 Å². The quantitative estimate of drug-likeness (QED) is 0.779. The topological polar surface area (TPSA) is 35.2 Å². The average Bonchev–Trinajstić information content (AvgIpc) is 2.28. The van der Waals surface area contributed by atoms with Crippen molar-refractivity contribution in [1.29, 1.82) is 0 Å². The summed E-state index contributed by atoms with van der Waals surface area (Å²) >= 11 is 0. The molecule has 15 heavy (non-hydrogen) atoms. The highest BCUT2D eigenvalue weighted by molar-refractivity contribution is 4.89. The third kappa shape index (κ3) is 2.94. The summed E-state index contributed by atoms with van der Waals surface area (Å²) in [5.74, 6) is 0.889. The van der Waals surface area contributed by atoms with Gasteiger partial charge in [-0.15, -0.1) is 0 Å². The van der Waals surface area contributed by atoms with Crippen molar-refractivity contribution in [3.05, 3.63) is 0 Å². The lowest BCUT2D eigenvalue weighted by molar-refractivity contribution is -0.118. The molecular formula is C13H25NO. The minimum atomic E-state index is 0.287. The Kier molecular flexibility index (Phi) is 4.04. The summed E-state index contributed by atoms with van der Waals surface area (Å²) in [5.41, 5.74) is 5.87. The molecule has 1 spiro atoms. The lowest BCUT2D eigenvalue weighted by Gasteiger charge is -2.43. The first kappa shape index (κ1) is 11.4. The fraction of sp³-hybridized carbons (Fsp3) is 1.00.